The van der Waals surface area contributed by atoms with Crippen LogP contribution in [0.25, 0.3) is 0 Å². The predicted octanol–water partition coefficient (Wildman–Crippen LogP) is 2.83. The molecule has 2 aromatic rings. The Bertz CT molecular complexity index is 945. The number of nitro groups is 1. The number of carboxylic acid groups (broad SMARTS) is 1. The maximum atomic E-state index is 12.0. The van der Waals surface area contributed by atoms with E-state index in [1.54, 1.807) is 0 Å². The lowest BCUT2D eigenvalue weighted by atomic mass is 10.1. The van der Waals surface area contributed by atoms with E-state index >= 15 is 0 Å². The molecule has 0 aliphatic heterocycles. The highest BCUT2D eigenvalue weighted by Gasteiger charge is 2.19. The van der Waals surface area contributed by atoms with Gasteiger partial charge in [-0.3, -0.25) is 14.9 Å². The van der Waals surface area contributed by atoms with E-state index in [4.69, 9.17) is 19.3 Å². The number of carbonyl (C=O) groups is 2. The second-order valence-corrected chi connectivity index (χ2v) is 6.28. The lowest BCUT2D eigenvalue weighted by Crippen LogP contribution is -2.30. The maximum absolute atomic E-state index is 12.0. The van der Waals surface area contributed by atoms with Gasteiger partial charge < -0.3 is 24.6 Å². The Morgan fingerprint density at radius 3 is 2.35 bits per heavy atom. The Kier molecular flexibility index (Phi) is 8.62. The number of hydrogen-bond donors (Lipinski definition) is 2. The molecule has 0 fully saturated rings. The summed E-state index contributed by atoms with van der Waals surface area (Å²) in [7, 11) is 0. The lowest BCUT2D eigenvalue weighted by molar-refractivity contribution is -0.385. The van der Waals surface area contributed by atoms with Crippen LogP contribution in [0.5, 0.6) is 17.2 Å². The molecule has 0 aliphatic rings. The van der Waals surface area contributed by atoms with Gasteiger partial charge in [0.05, 0.1) is 23.7 Å². The Balaban J connectivity index is 1.92. The van der Waals surface area contributed by atoms with E-state index in [1.165, 1.54) is 0 Å². The van der Waals surface area contributed by atoms with Gasteiger partial charge >= 0.3 is 11.7 Å². The van der Waals surface area contributed by atoms with Crippen molar-refractivity contribution in [3.05, 3.63) is 57.6 Å². The quantitative estimate of drug-likeness (QED) is 0.386. The minimum Gasteiger partial charge on any atom is -0.490 e. The minimum atomic E-state index is -1.26. The molecule has 31 heavy (non-hydrogen) atoms. The minimum absolute atomic E-state index is 0.179. The van der Waals surface area contributed by atoms with Gasteiger partial charge in [-0.25, -0.2) is 4.79 Å². The molecule has 0 atom stereocenters. The maximum Gasteiger partial charge on any atom is 0.335 e. The van der Waals surface area contributed by atoms with Crippen LogP contribution in [0.3, 0.4) is 0 Å². The number of amides is 1. The molecule has 0 aliphatic carbocycles. The Labute approximate surface area is 178 Å². The Morgan fingerprint density at radius 1 is 1.00 bits per heavy atom. The number of carboxylic acids is 1. The average molecular weight is 432 g/mol. The third-order valence-electron chi connectivity index (χ3n) is 4.11. The van der Waals surface area contributed by atoms with Crippen LogP contribution in [-0.4, -0.2) is 48.3 Å². The van der Waals surface area contributed by atoms with Gasteiger partial charge in [-0.15, -0.1) is 0 Å². The largest absolute Gasteiger partial charge is 0.490 e. The average Bonchev–Trinajstić information content (AvgIpc) is 2.74. The molecule has 1 amide bonds. The van der Waals surface area contributed by atoms with E-state index in [1.807, 2.05) is 32.0 Å². The first kappa shape index (κ1) is 23.5. The van der Waals surface area contributed by atoms with Crippen LogP contribution in [0.2, 0.25) is 0 Å². The fraction of sp³-hybridized carbons (Fsp3) is 0.333. The van der Waals surface area contributed by atoms with Gasteiger partial charge in [0.2, 0.25) is 0 Å². The van der Waals surface area contributed by atoms with Crippen LogP contribution in [0.15, 0.2) is 36.4 Å². The molecule has 10 heteroatoms. The summed E-state index contributed by atoms with van der Waals surface area (Å²) in [5, 5.41) is 22.7. The molecule has 0 saturated carbocycles. The number of carbonyl (C=O) groups excluding carboxylic acids is 1. The van der Waals surface area contributed by atoms with Gasteiger partial charge in [0.1, 0.15) is 0 Å². The molecular weight excluding hydrogens is 408 g/mol. The topological polar surface area (TPSA) is 137 Å². The number of nitrogens with one attached hydrogen (secondary N) is 1. The van der Waals surface area contributed by atoms with Crippen LogP contribution in [-0.2, 0) is 11.2 Å². The van der Waals surface area contributed by atoms with Crippen molar-refractivity contribution in [3.8, 4) is 17.2 Å². The van der Waals surface area contributed by atoms with Crippen molar-refractivity contribution in [1.29, 1.82) is 0 Å². The Morgan fingerprint density at radius 2 is 1.71 bits per heavy atom. The molecule has 166 valence electrons. The Hall–Kier alpha value is -3.82. The van der Waals surface area contributed by atoms with Gasteiger partial charge in [-0.2, -0.15) is 0 Å². The van der Waals surface area contributed by atoms with Crippen LogP contribution in [0.1, 0.15) is 29.8 Å². The van der Waals surface area contributed by atoms with E-state index < -0.39 is 29.1 Å². The molecule has 0 saturated heterocycles. The fourth-order valence-corrected chi connectivity index (χ4v) is 2.71. The van der Waals surface area contributed by atoms with E-state index in [9.17, 15) is 19.7 Å². The first-order chi connectivity index (χ1) is 14.8. The van der Waals surface area contributed by atoms with Crippen molar-refractivity contribution in [2.45, 2.75) is 20.3 Å². The smallest absolute Gasteiger partial charge is 0.335 e. The third kappa shape index (κ3) is 6.88. The van der Waals surface area contributed by atoms with Crippen molar-refractivity contribution < 1.29 is 33.8 Å². The highest BCUT2D eigenvalue weighted by molar-refractivity contribution is 5.88. The summed E-state index contributed by atoms with van der Waals surface area (Å²) in [6.07, 6.45) is 0.521. The molecule has 2 N–H and O–H groups in total. The van der Waals surface area contributed by atoms with Crippen LogP contribution < -0.4 is 19.5 Å². The van der Waals surface area contributed by atoms with Gasteiger partial charge in [0, 0.05) is 18.7 Å². The van der Waals surface area contributed by atoms with Crippen molar-refractivity contribution >= 4 is 17.6 Å². The van der Waals surface area contributed by atoms with Crippen molar-refractivity contribution in [1.82, 2.24) is 5.32 Å². The normalized spacial score (nSPS) is 10.3. The number of ether oxygens (including phenoxy) is 3. The third-order valence-corrected chi connectivity index (χ3v) is 4.11. The highest BCUT2D eigenvalue weighted by Crippen LogP contribution is 2.29. The summed E-state index contributed by atoms with van der Waals surface area (Å²) in [6, 6.07) is 8.67. The highest BCUT2D eigenvalue weighted by atomic mass is 16.6. The summed E-state index contributed by atoms with van der Waals surface area (Å²) in [5.74, 6) is -0.761. The van der Waals surface area contributed by atoms with E-state index in [2.05, 4.69) is 5.32 Å². The zero-order valence-electron chi connectivity index (χ0n) is 17.3. The number of nitro benzene ring substituents is 1. The predicted molar refractivity (Wildman–Crippen MR) is 111 cm³/mol. The van der Waals surface area contributed by atoms with Crippen molar-refractivity contribution in [3.63, 3.8) is 0 Å². The van der Waals surface area contributed by atoms with E-state index in [-0.39, 0.29) is 11.3 Å². The zero-order chi connectivity index (χ0) is 22.8. The standard InChI is InChI=1S/C21H24N2O8/c1-3-29-17-8-5-14(11-19(17)30-4-2)9-10-22-20(24)13-31-18-12-15(21(25)26)6-7-16(18)23(27)28/h5-8,11-12H,3-4,9-10,13H2,1-2H3,(H,22,24)(H,25,26). The molecule has 0 heterocycles. The second-order valence-electron chi connectivity index (χ2n) is 6.28. The lowest BCUT2D eigenvalue weighted by Gasteiger charge is -2.13. The second kappa shape index (κ2) is 11.4. The molecule has 0 radical (unpaired) electrons. The fourth-order valence-electron chi connectivity index (χ4n) is 2.71. The van der Waals surface area contributed by atoms with E-state index in [0.717, 1.165) is 23.8 Å². The number of hydrogen-bond acceptors (Lipinski definition) is 7. The molecular formula is C21H24N2O8. The number of nitrogens with zero attached hydrogens (tertiary/aromatic N) is 1. The SMILES string of the molecule is CCOc1ccc(CCNC(=O)COc2cc(C(=O)O)ccc2[N+](=O)[O-])cc1OCC. The van der Waals surface area contributed by atoms with Crippen LogP contribution in [0, 0.1) is 10.1 Å². The summed E-state index contributed by atoms with van der Waals surface area (Å²) >= 11 is 0. The molecule has 2 aromatic carbocycles. The first-order valence-electron chi connectivity index (χ1n) is 9.65. The number of aromatic carboxylic acids is 1. The van der Waals surface area contributed by atoms with Gasteiger partial charge in [0.15, 0.2) is 23.9 Å². The van der Waals surface area contributed by atoms with E-state index in [0.29, 0.717) is 37.7 Å². The van der Waals surface area contributed by atoms with Crippen molar-refractivity contribution in [2.75, 3.05) is 26.4 Å². The van der Waals surface area contributed by atoms with Gasteiger partial charge in [0.25, 0.3) is 5.91 Å². The number of rotatable bonds is 12. The van der Waals surface area contributed by atoms with Crippen LogP contribution >= 0.6 is 0 Å². The molecule has 2 rings (SSSR count). The molecule has 0 unspecified atom stereocenters. The summed E-state index contributed by atoms with van der Waals surface area (Å²) in [6.45, 7) is 4.58. The molecule has 0 aromatic heterocycles. The molecule has 10 nitrogen and oxygen atoms in total. The summed E-state index contributed by atoms with van der Waals surface area (Å²) < 4.78 is 16.3. The van der Waals surface area contributed by atoms with Crippen LogP contribution in [0.4, 0.5) is 5.69 Å². The van der Waals surface area contributed by atoms with Gasteiger partial charge in [-0.05, 0) is 44.0 Å². The first-order valence-corrected chi connectivity index (χ1v) is 9.65. The number of benzene rings is 2. The zero-order valence-corrected chi connectivity index (χ0v) is 17.3. The summed E-state index contributed by atoms with van der Waals surface area (Å²) in [5.41, 5.74) is 0.329. The van der Waals surface area contributed by atoms with Crippen molar-refractivity contribution in [2.24, 2.45) is 0 Å². The molecule has 0 bridgehead atoms. The molecule has 0 spiro atoms. The summed E-state index contributed by atoms with van der Waals surface area (Å²) in [4.78, 5) is 33.5. The van der Waals surface area contributed by atoms with Gasteiger partial charge in [-0.1, -0.05) is 6.07 Å². The monoisotopic (exact) mass is 432 g/mol.